The van der Waals surface area contributed by atoms with Gasteiger partial charge in [0.15, 0.2) is 0 Å². The van der Waals surface area contributed by atoms with Gasteiger partial charge in [0.05, 0.1) is 0 Å². The summed E-state index contributed by atoms with van der Waals surface area (Å²) in [7, 11) is 0. The van der Waals surface area contributed by atoms with E-state index >= 15 is 0 Å². The van der Waals surface area contributed by atoms with Gasteiger partial charge >= 0.3 is 0 Å². The maximum Gasteiger partial charge on any atom is 0.135 e. The Hall–Kier alpha value is -4.50. The van der Waals surface area contributed by atoms with Crippen molar-refractivity contribution in [2.24, 2.45) is 0 Å². The SMILES string of the molecule is c1ccc(Nc2ccc3oc4ccccc4c3c2)c(Cc2ccc3oc4ccccc4c3c2)c1. The Morgan fingerprint density at radius 3 is 1.85 bits per heavy atom. The Morgan fingerprint density at radius 1 is 0.500 bits per heavy atom. The largest absolute Gasteiger partial charge is 0.456 e. The van der Waals surface area contributed by atoms with Crippen LogP contribution in [0.3, 0.4) is 0 Å². The van der Waals surface area contributed by atoms with E-state index in [0.29, 0.717) is 0 Å². The third-order valence-corrected chi connectivity index (χ3v) is 6.51. The van der Waals surface area contributed by atoms with Crippen LogP contribution in [0.4, 0.5) is 11.4 Å². The van der Waals surface area contributed by atoms with Crippen LogP contribution in [0.25, 0.3) is 43.9 Å². The normalized spacial score (nSPS) is 11.6. The first-order valence-corrected chi connectivity index (χ1v) is 11.5. The molecular formula is C31H21NO2. The van der Waals surface area contributed by atoms with E-state index in [1.165, 1.54) is 11.1 Å². The lowest BCUT2D eigenvalue weighted by atomic mass is 10.0. The zero-order valence-electron chi connectivity index (χ0n) is 18.4. The number of fused-ring (bicyclic) bond motifs is 6. The van der Waals surface area contributed by atoms with Crippen LogP contribution in [-0.4, -0.2) is 0 Å². The number of furan rings is 2. The molecule has 0 radical (unpaired) electrons. The van der Waals surface area contributed by atoms with Crippen LogP contribution in [0.1, 0.15) is 11.1 Å². The minimum Gasteiger partial charge on any atom is -0.456 e. The van der Waals surface area contributed by atoms with Crippen molar-refractivity contribution in [3.63, 3.8) is 0 Å². The molecule has 0 unspecified atom stereocenters. The van der Waals surface area contributed by atoms with Crippen LogP contribution in [-0.2, 0) is 6.42 Å². The lowest BCUT2D eigenvalue weighted by molar-refractivity contribution is 0.668. The second-order valence-corrected chi connectivity index (χ2v) is 8.70. The highest BCUT2D eigenvalue weighted by Gasteiger charge is 2.11. The minimum atomic E-state index is 0.829. The Labute approximate surface area is 196 Å². The smallest absolute Gasteiger partial charge is 0.135 e. The van der Waals surface area contributed by atoms with E-state index in [-0.39, 0.29) is 0 Å². The molecule has 0 amide bonds. The van der Waals surface area contributed by atoms with Crippen LogP contribution in [0.5, 0.6) is 0 Å². The molecule has 0 saturated carbocycles. The molecular weight excluding hydrogens is 418 g/mol. The molecule has 2 heterocycles. The summed E-state index contributed by atoms with van der Waals surface area (Å²) in [6.07, 6.45) is 0.829. The van der Waals surface area contributed by atoms with E-state index in [9.17, 15) is 0 Å². The third kappa shape index (κ3) is 3.13. The first-order valence-electron chi connectivity index (χ1n) is 11.5. The van der Waals surface area contributed by atoms with Gasteiger partial charge in [0.1, 0.15) is 22.3 Å². The number of rotatable bonds is 4. The summed E-state index contributed by atoms with van der Waals surface area (Å²) < 4.78 is 12.0. The monoisotopic (exact) mass is 439 g/mol. The first-order chi connectivity index (χ1) is 16.8. The molecule has 7 rings (SSSR count). The molecule has 3 nitrogen and oxygen atoms in total. The second-order valence-electron chi connectivity index (χ2n) is 8.70. The predicted molar refractivity (Wildman–Crippen MR) is 140 cm³/mol. The zero-order chi connectivity index (χ0) is 22.5. The van der Waals surface area contributed by atoms with Gasteiger partial charge in [0.2, 0.25) is 0 Å². The standard InChI is InChI=1S/C31H21NO2/c1-4-10-27(32-22-14-16-31-26(19-22)24-9-3-6-12-29(24)34-31)21(7-1)17-20-13-15-30-25(18-20)23-8-2-5-11-28(23)33-30/h1-16,18-19,32H,17H2. The molecule has 0 aliphatic carbocycles. The molecule has 3 heteroatoms. The van der Waals surface area contributed by atoms with Gasteiger partial charge in [-0.2, -0.15) is 0 Å². The average Bonchev–Trinajstić information content (AvgIpc) is 3.43. The van der Waals surface area contributed by atoms with Crippen molar-refractivity contribution >= 4 is 55.3 Å². The second kappa shape index (κ2) is 7.53. The Kier molecular flexibility index (Phi) is 4.21. The van der Waals surface area contributed by atoms with Crippen molar-refractivity contribution in [1.29, 1.82) is 0 Å². The summed E-state index contributed by atoms with van der Waals surface area (Å²) in [5.41, 5.74) is 8.32. The molecule has 0 fully saturated rings. The van der Waals surface area contributed by atoms with Crippen molar-refractivity contribution in [2.75, 3.05) is 5.32 Å². The lowest BCUT2D eigenvalue weighted by Gasteiger charge is -2.12. The molecule has 34 heavy (non-hydrogen) atoms. The van der Waals surface area contributed by atoms with Gasteiger partial charge in [-0.05, 0) is 66.1 Å². The molecule has 0 aliphatic heterocycles. The Balaban J connectivity index is 1.24. The summed E-state index contributed by atoms with van der Waals surface area (Å²) in [4.78, 5) is 0. The quantitative estimate of drug-likeness (QED) is 0.298. The van der Waals surface area contributed by atoms with Crippen molar-refractivity contribution in [3.8, 4) is 0 Å². The number of benzene rings is 5. The van der Waals surface area contributed by atoms with E-state index in [4.69, 9.17) is 8.83 Å². The molecule has 5 aromatic carbocycles. The van der Waals surface area contributed by atoms with E-state index in [1.54, 1.807) is 0 Å². The molecule has 0 atom stereocenters. The zero-order valence-corrected chi connectivity index (χ0v) is 18.4. The van der Waals surface area contributed by atoms with Crippen molar-refractivity contribution in [2.45, 2.75) is 6.42 Å². The molecule has 0 bridgehead atoms. The number of hydrogen-bond donors (Lipinski definition) is 1. The predicted octanol–water partition coefficient (Wildman–Crippen LogP) is 8.82. The molecule has 0 spiro atoms. The van der Waals surface area contributed by atoms with Gasteiger partial charge in [-0.25, -0.2) is 0 Å². The maximum absolute atomic E-state index is 6.00. The van der Waals surface area contributed by atoms with E-state index < -0.39 is 0 Å². The number of nitrogens with one attached hydrogen (secondary N) is 1. The topological polar surface area (TPSA) is 38.3 Å². The van der Waals surface area contributed by atoms with Crippen molar-refractivity contribution in [3.05, 3.63) is 120 Å². The highest BCUT2D eigenvalue weighted by atomic mass is 16.3. The fraction of sp³-hybridized carbons (Fsp3) is 0.0323. The third-order valence-electron chi connectivity index (χ3n) is 6.51. The van der Waals surface area contributed by atoms with Crippen LogP contribution >= 0.6 is 0 Å². The summed E-state index contributed by atoms with van der Waals surface area (Å²) in [6, 6.07) is 37.7. The fourth-order valence-corrected chi connectivity index (χ4v) is 4.86. The van der Waals surface area contributed by atoms with Gasteiger partial charge in [-0.15, -0.1) is 0 Å². The summed E-state index contributed by atoms with van der Waals surface area (Å²) in [6.45, 7) is 0. The molecule has 7 aromatic rings. The number of para-hydroxylation sites is 3. The Morgan fingerprint density at radius 2 is 1.09 bits per heavy atom. The fourth-order valence-electron chi connectivity index (χ4n) is 4.86. The number of anilines is 2. The van der Waals surface area contributed by atoms with Crippen molar-refractivity contribution < 1.29 is 8.83 Å². The first kappa shape index (κ1) is 19.0. The molecule has 0 aliphatic rings. The summed E-state index contributed by atoms with van der Waals surface area (Å²) in [5, 5.41) is 8.22. The van der Waals surface area contributed by atoms with Crippen LogP contribution in [0.2, 0.25) is 0 Å². The Bertz CT molecular complexity index is 1690. The van der Waals surface area contributed by atoms with E-state index in [1.807, 2.05) is 36.4 Å². The van der Waals surface area contributed by atoms with Gasteiger partial charge in [-0.3, -0.25) is 0 Å². The number of hydrogen-bond acceptors (Lipinski definition) is 3. The molecule has 1 N–H and O–H groups in total. The van der Waals surface area contributed by atoms with E-state index in [2.05, 4.69) is 78.1 Å². The molecule has 2 aromatic heterocycles. The molecule has 162 valence electrons. The van der Waals surface area contributed by atoms with Crippen LogP contribution in [0.15, 0.2) is 118 Å². The van der Waals surface area contributed by atoms with E-state index in [0.717, 1.165) is 61.7 Å². The van der Waals surface area contributed by atoms with Gasteiger partial charge in [0, 0.05) is 32.9 Å². The summed E-state index contributed by atoms with van der Waals surface area (Å²) in [5.74, 6) is 0. The van der Waals surface area contributed by atoms with Crippen LogP contribution in [0, 0.1) is 0 Å². The highest BCUT2D eigenvalue weighted by molar-refractivity contribution is 6.06. The van der Waals surface area contributed by atoms with Crippen LogP contribution < -0.4 is 5.32 Å². The highest BCUT2D eigenvalue weighted by Crippen LogP contribution is 2.33. The summed E-state index contributed by atoms with van der Waals surface area (Å²) >= 11 is 0. The molecule has 0 saturated heterocycles. The maximum atomic E-state index is 6.00. The van der Waals surface area contributed by atoms with Gasteiger partial charge in [-0.1, -0.05) is 60.7 Å². The lowest BCUT2D eigenvalue weighted by Crippen LogP contribution is -1.97. The van der Waals surface area contributed by atoms with Gasteiger partial charge in [0.25, 0.3) is 0 Å². The average molecular weight is 440 g/mol. The minimum absolute atomic E-state index is 0.829. The van der Waals surface area contributed by atoms with Gasteiger partial charge < -0.3 is 14.2 Å². The van der Waals surface area contributed by atoms with Crippen molar-refractivity contribution in [1.82, 2.24) is 0 Å².